The van der Waals surface area contributed by atoms with Crippen LogP contribution in [0.15, 0.2) is 12.3 Å². The number of allylic oxidation sites excluding steroid dienone is 1. The van der Waals surface area contributed by atoms with Crippen LogP contribution in [0.5, 0.6) is 0 Å². The molecule has 2 aliphatic carbocycles. The molecule has 3 heterocycles. The maximum Gasteiger partial charge on any atom is 0.0877 e. The zero-order valence-electron chi connectivity index (χ0n) is 9.24. The van der Waals surface area contributed by atoms with Gasteiger partial charge < -0.3 is 9.47 Å². The van der Waals surface area contributed by atoms with Gasteiger partial charge >= 0.3 is 0 Å². The van der Waals surface area contributed by atoms with Gasteiger partial charge in [-0.2, -0.15) is 0 Å². The van der Waals surface area contributed by atoms with Crippen molar-refractivity contribution in [2.75, 3.05) is 6.61 Å². The predicted octanol–water partition coefficient (Wildman–Crippen LogP) is 2.49. The molecule has 0 aromatic carbocycles. The molecule has 0 amide bonds. The van der Waals surface area contributed by atoms with E-state index in [4.69, 9.17) is 9.47 Å². The fourth-order valence-corrected chi connectivity index (χ4v) is 4.87. The van der Waals surface area contributed by atoms with Gasteiger partial charge in [0.05, 0.1) is 24.6 Å². The van der Waals surface area contributed by atoms with E-state index >= 15 is 0 Å². The van der Waals surface area contributed by atoms with E-state index in [-0.39, 0.29) is 5.60 Å². The number of rotatable bonds is 0. The van der Waals surface area contributed by atoms with Gasteiger partial charge in [-0.15, -0.1) is 0 Å². The van der Waals surface area contributed by atoms with Gasteiger partial charge in [0.2, 0.25) is 0 Å². The van der Waals surface area contributed by atoms with E-state index in [1.807, 2.05) is 6.26 Å². The molecule has 0 aromatic rings. The molecular weight excluding hydrogens is 188 g/mol. The molecule has 82 valence electrons. The van der Waals surface area contributed by atoms with Crippen molar-refractivity contribution in [3.63, 3.8) is 0 Å². The minimum atomic E-state index is 0.179. The maximum absolute atomic E-state index is 6.27. The SMILES string of the molecule is CC12CC3CC4(C=COCCC4C3O1)C2. The van der Waals surface area contributed by atoms with Gasteiger partial charge in [0.15, 0.2) is 0 Å². The number of ether oxygens (including phenoxy) is 2. The van der Waals surface area contributed by atoms with Crippen molar-refractivity contribution in [1.82, 2.24) is 0 Å². The molecule has 0 aromatic heterocycles. The van der Waals surface area contributed by atoms with Gasteiger partial charge in [0.25, 0.3) is 0 Å². The first kappa shape index (κ1) is 8.63. The second-order valence-corrected chi connectivity index (χ2v) is 6.18. The first-order valence-electron chi connectivity index (χ1n) is 6.18. The molecule has 0 radical (unpaired) electrons. The number of hydrogen-bond acceptors (Lipinski definition) is 2. The lowest BCUT2D eigenvalue weighted by Crippen LogP contribution is -2.45. The normalized spacial score (nSPS) is 60.2. The summed E-state index contributed by atoms with van der Waals surface area (Å²) in [5.74, 6) is 1.56. The van der Waals surface area contributed by atoms with Crippen molar-refractivity contribution in [1.29, 1.82) is 0 Å². The van der Waals surface area contributed by atoms with Crippen molar-refractivity contribution in [2.24, 2.45) is 17.3 Å². The molecule has 4 bridgehead atoms. The predicted molar refractivity (Wildman–Crippen MR) is 56.3 cm³/mol. The van der Waals surface area contributed by atoms with Gasteiger partial charge in [-0.3, -0.25) is 0 Å². The summed E-state index contributed by atoms with van der Waals surface area (Å²) in [5, 5.41) is 0. The zero-order valence-corrected chi connectivity index (χ0v) is 9.24. The molecule has 15 heavy (non-hydrogen) atoms. The van der Waals surface area contributed by atoms with E-state index in [1.54, 1.807) is 0 Å². The van der Waals surface area contributed by atoms with Crippen LogP contribution in [-0.4, -0.2) is 18.3 Å². The molecule has 2 saturated heterocycles. The molecule has 5 aliphatic rings. The maximum atomic E-state index is 6.27. The summed E-state index contributed by atoms with van der Waals surface area (Å²) in [5.41, 5.74) is 0.607. The Morgan fingerprint density at radius 1 is 1.33 bits per heavy atom. The Morgan fingerprint density at radius 3 is 3.20 bits per heavy atom. The summed E-state index contributed by atoms with van der Waals surface area (Å²) in [6, 6.07) is 0. The Hall–Kier alpha value is -0.500. The second kappa shape index (κ2) is 2.42. The van der Waals surface area contributed by atoms with E-state index < -0.39 is 0 Å². The van der Waals surface area contributed by atoms with E-state index in [2.05, 4.69) is 13.0 Å². The van der Waals surface area contributed by atoms with Crippen LogP contribution in [0.4, 0.5) is 0 Å². The summed E-state index contributed by atoms with van der Waals surface area (Å²) in [4.78, 5) is 0. The molecule has 2 saturated carbocycles. The van der Waals surface area contributed by atoms with Gasteiger partial charge in [-0.1, -0.05) is 0 Å². The highest BCUT2D eigenvalue weighted by molar-refractivity contribution is 5.21. The summed E-state index contributed by atoms with van der Waals surface area (Å²) >= 11 is 0. The third-order valence-electron chi connectivity index (χ3n) is 5.10. The van der Waals surface area contributed by atoms with E-state index in [0.29, 0.717) is 11.5 Å². The molecular formula is C13H18O2. The highest BCUT2D eigenvalue weighted by atomic mass is 16.5. The third-order valence-corrected chi connectivity index (χ3v) is 5.10. The molecule has 5 unspecified atom stereocenters. The quantitative estimate of drug-likeness (QED) is 0.606. The third kappa shape index (κ3) is 0.944. The minimum Gasteiger partial charge on any atom is -0.501 e. The van der Waals surface area contributed by atoms with Gasteiger partial charge in [-0.05, 0) is 55.9 Å². The topological polar surface area (TPSA) is 18.5 Å². The summed E-state index contributed by atoms with van der Waals surface area (Å²) in [7, 11) is 0. The van der Waals surface area contributed by atoms with Crippen molar-refractivity contribution < 1.29 is 9.47 Å². The molecule has 1 spiro atoms. The highest BCUT2D eigenvalue weighted by Gasteiger charge is 2.66. The molecule has 4 fully saturated rings. The standard InChI is InChI=1S/C13H18O2/c1-12-6-9-7-13(8-12)3-5-14-4-2-10(13)11(9)15-12/h3,5,9-11H,2,4,6-8H2,1H3. The fraction of sp³-hybridized carbons (Fsp3) is 0.846. The monoisotopic (exact) mass is 206 g/mol. The first-order chi connectivity index (χ1) is 7.21. The Morgan fingerprint density at radius 2 is 2.27 bits per heavy atom. The summed E-state index contributed by atoms with van der Waals surface area (Å²) in [6.45, 7) is 3.18. The molecule has 3 aliphatic heterocycles. The molecule has 5 atom stereocenters. The van der Waals surface area contributed by atoms with E-state index in [9.17, 15) is 0 Å². The molecule has 2 heteroatoms. The van der Waals surface area contributed by atoms with Crippen LogP contribution in [0.1, 0.15) is 32.6 Å². The molecule has 2 nitrogen and oxygen atoms in total. The summed E-state index contributed by atoms with van der Waals surface area (Å²) < 4.78 is 11.7. The lowest BCUT2D eigenvalue weighted by atomic mass is 9.65. The van der Waals surface area contributed by atoms with Gasteiger partial charge in [0.1, 0.15) is 0 Å². The Balaban J connectivity index is 1.82. The second-order valence-electron chi connectivity index (χ2n) is 6.18. The summed E-state index contributed by atoms with van der Waals surface area (Å²) in [6.07, 6.45) is 9.90. The van der Waals surface area contributed by atoms with Crippen LogP contribution in [0.2, 0.25) is 0 Å². The van der Waals surface area contributed by atoms with Crippen LogP contribution in [-0.2, 0) is 9.47 Å². The first-order valence-corrected chi connectivity index (χ1v) is 6.18. The Labute approximate surface area is 90.6 Å². The largest absolute Gasteiger partial charge is 0.501 e. The van der Waals surface area contributed by atoms with Crippen LogP contribution in [0, 0.1) is 17.3 Å². The highest BCUT2D eigenvalue weighted by Crippen LogP contribution is 2.67. The van der Waals surface area contributed by atoms with E-state index in [1.165, 1.54) is 25.7 Å². The van der Waals surface area contributed by atoms with Crippen molar-refractivity contribution >= 4 is 0 Å². The van der Waals surface area contributed by atoms with Crippen LogP contribution in [0.25, 0.3) is 0 Å². The fourth-order valence-electron chi connectivity index (χ4n) is 4.87. The van der Waals surface area contributed by atoms with Gasteiger partial charge in [-0.25, -0.2) is 0 Å². The average Bonchev–Trinajstić information content (AvgIpc) is 2.45. The Kier molecular flexibility index (Phi) is 1.39. The van der Waals surface area contributed by atoms with E-state index in [0.717, 1.165) is 18.4 Å². The number of hydrogen-bond donors (Lipinski definition) is 0. The van der Waals surface area contributed by atoms with Crippen LogP contribution >= 0.6 is 0 Å². The van der Waals surface area contributed by atoms with Crippen molar-refractivity contribution in [3.05, 3.63) is 12.3 Å². The molecule has 5 rings (SSSR count). The smallest absolute Gasteiger partial charge is 0.0877 e. The van der Waals surface area contributed by atoms with Crippen molar-refractivity contribution in [3.8, 4) is 0 Å². The zero-order chi connectivity index (χ0) is 10.1. The lowest BCUT2D eigenvalue weighted by molar-refractivity contribution is -0.126. The van der Waals surface area contributed by atoms with Crippen molar-refractivity contribution in [2.45, 2.75) is 44.3 Å². The molecule has 0 N–H and O–H groups in total. The van der Waals surface area contributed by atoms with Gasteiger partial charge in [0, 0.05) is 0 Å². The minimum absolute atomic E-state index is 0.179. The average molecular weight is 206 g/mol. The Bertz CT molecular complexity index is 337. The van der Waals surface area contributed by atoms with Crippen LogP contribution in [0.3, 0.4) is 0 Å². The van der Waals surface area contributed by atoms with Crippen LogP contribution < -0.4 is 0 Å². The lowest BCUT2D eigenvalue weighted by Gasteiger charge is -2.46.